The van der Waals surface area contributed by atoms with E-state index in [0.29, 0.717) is 5.82 Å². The van der Waals surface area contributed by atoms with Crippen LogP contribution in [0.3, 0.4) is 0 Å². The summed E-state index contributed by atoms with van der Waals surface area (Å²) in [5.74, 6) is 0.574. The minimum absolute atomic E-state index is 0.0930. The lowest BCUT2D eigenvalue weighted by Gasteiger charge is -2.36. The number of aliphatic hydroxyl groups excluding tert-OH is 1. The highest BCUT2D eigenvalue weighted by molar-refractivity contribution is 5.50. The molecule has 1 heterocycles. The van der Waals surface area contributed by atoms with Crippen molar-refractivity contribution < 1.29 is 5.11 Å². The molecule has 0 bridgehead atoms. The Hall–Kier alpha value is -3.93. The standard InChI is InChI=1S/C30H34N6O/c1-21(2)26(22(3)4)28(37)27(33-35-31)29-32-20-36(34-29)30(23-14-8-5-9-15-23,24-16-10-6-11-17-24)25-18-12-7-13-19-25/h5-22,26-28,37H,1-4H3. The Labute approximate surface area is 218 Å². The summed E-state index contributed by atoms with van der Waals surface area (Å²) in [6.07, 6.45) is 0.751. The second-order valence-electron chi connectivity index (χ2n) is 10.1. The summed E-state index contributed by atoms with van der Waals surface area (Å²) < 4.78 is 1.83. The van der Waals surface area contributed by atoms with Gasteiger partial charge in [-0.25, -0.2) is 9.67 Å². The molecule has 4 aromatic rings. The number of benzene rings is 3. The average molecular weight is 495 g/mol. The van der Waals surface area contributed by atoms with Gasteiger partial charge in [-0.15, -0.1) is 0 Å². The van der Waals surface area contributed by atoms with E-state index in [4.69, 9.17) is 5.10 Å². The van der Waals surface area contributed by atoms with E-state index in [1.54, 1.807) is 6.33 Å². The van der Waals surface area contributed by atoms with Crippen LogP contribution in [0.25, 0.3) is 10.4 Å². The molecule has 7 nitrogen and oxygen atoms in total. The van der Waals surface area contributed by atoms with Crippen LogP contribution in [-0.4, -0.2) is 26.0 Å². The van der Waals surface area contributed by atoms with Gasteiger partial charge in [-0.05, 0) is 40.0 Å². The van der Waals surface area contributed by atoms with Crippen molar-refractivity contribution in [1.29, 1.82) is 0 Å². The molecular formula is C30H34N6O. The first-order valence-electron chi connectivity index (χ1n) is 12.7. The van der Waals surface area contributed by atoms with Crippen LogP contribution in [0.15, 0.2) is 102 Å². The molecule has 0 spiro atoms. The van der Waals surface area contributed by atoms with Crippen LogP contribution in [-0.2, 0) is 5.54 Å². The second kappa shape index (κ2) is 11.4. The van der Waals surface area contributed by atoms with E-state index in [1.807, 2.05) is 59.3 Å². The molecule has 2 atom stereocenters. The van der Waals surface area contributed by atoms with Gasteiger partial charge in [0.05, 0.1) is 6.10 Å². The SMILES string of the molecule is CC(C)C(C(C)C)C(O)C(N=[N+]=[N-])c1ncn(C(c2ccccc2)(c2ccccc2)c2ccccc2)n1. The predicted molar refractivity (Wildman–Crippen MR) is 146 cm³/mol. The Morgan fingerprint density at radius 3 is 1.59 bits per heavy atom. The molecule has 0 aliphatic rings. The van der Waals surface area contributed by atoms with Crippen LogP contribution in [0.5, 0.6) is 0 Å². The molecule has 0 radical (unpaired) electrons. The molecule has 0 saturated carbocycles. The third-order valence-electron chi connectivity index (χ3n) is 7.13. The Morgan fingerprint density at radius 2 is 1.22 bits per heavy atom. The Kier molecular flexibility index (Phi) is 8.07. The number of nitrogens with zero attached hydrogens (tertiary/aromatic N) is 6. The molecule has 1 N–H and O–H groups in total. The van der Waals surface area contributed by atoms with Gasteiger partial charge in [0.2, 0.25) is 0 Å². The van der Waals surface area contributed by atoms with E-state index in [2.05, 4.69) is 79.1 Å². The fourth-order valence-electron chi connectivity index (χ4n) is 5.61. The van der Waals surface area contributed by atoms with Gasteiger partial charge in [-0.2, -0.15) is 5.10 Å². The zero-order valence-electron chi connectivity index (χ0n) is 21.8. The van der Waals surface area contributed by atoms with E-state index in [9.17, 15) is 10.6 Å². The highest BCUT2D eigenvalue weighted by Crippen LogP contribution is 2.41. The summed E-state index contributed by atoms with van der Waals surface area (Å²) in [4.78, 5) is 7.68. The molecule has 0 aliphatic carbocycles. The van der Waals surface area contributed by atoms with Crippen LogP contribution in [0.2, 0.25) is 0 Å². The quantitative estimate of drug-likeness (QED) is 0.114. The first kappa shape index (κ1) is 26.1. The molecule has 7 heteroatoms. The van der Waals surface area contributed by atoms with Crippen molar-refractivity contribution in [3.8, 4) is 0 Å². The molecule has 3 aromatic carbocycles. The lowest BCUT2D eigenvalue weighted by molar-refractivity contribution is 0.0308. The van der Waals surface area contributed by atoms with Crippen LogP contribution in [0, 0.1) is 17.8 Å². The normalized spacial score (nSPS) is 13.5. The van der Waals surface area contributed by atoms with Gasteiger partial charge in [0.25, 0.3) is 0 Å². The van der Waals surface area contributed by atoms with Crippen LogP contribution >= 0.6 is 0 Å². The van der Waals surface area contributed by atoms with E-state index in [1.165, 1.54) is 0 Å². The van der Waals surface area contributed by atoms with Crippen molar-refractivity contribution in [2.24, 2.45) is 22.9 Å². The number of hydrogen-bond donors (Lipinski definition) is 1. The van der Waals surface area contributed by atoms with Crippen LogP contribution < -0.4 is 0 Å². The lowest BCUT2D eigenvalue weighted by atomic mass is 9.77. The Morgan fingerprint density at radius 1 is 0.784 bits per heavy atom. The van der Waals surface area contributed by atoms with Crippen molar-refractivity contribution >= 4 is 0 Å². The van der Waals surface area contributed by atoms with Crippen molar-refractivity contribution in [2.75, 3.05) is 0 Å². The molecule has 190 valence electrons. The zero-order chi connectivity index (χ0) is 26.4. The average Bonchev–Trinajstić information content (AvgIpc) is 3.39. The summed E-state index contributed by atoms with van der Waals surface area (Å²) in [5.41, 5.74) is 11.6. The van der Waals surface area contributed by atoms with Crippen molar-refractivity contribution in [3.05, 3.63) is 130 Å². The molecule has 0 saturated heterocycles. The van der Waals surface area contributed by atoms with Crippen LogP contribution in [0.1, 0.15) is 56.3 Å². The van der Waals surface area contributed by atoms with Gasteiger partial charge in [-0.3, -0.25) is 0 Å². The molecule has 0 fully saturated rings. The maximum Gasteiger partial charge on any atom is 0.162 e. The molecule has 2 unspecified atom stereocenters. The van der Waals surface area contributed by atoms with E-state index in [-0.39, 0.29) is 17.8 Å². The zero-order valence-corrected chi connectivity index (χ0v) is 21.8. The molecule has 37 heavy (non-hydrogen) atoms. The summed E-state index contributed by atoms with van der Waals surface area (Å²) in [7, 11) is 0. The maximum absolute atomic E-state index is 11.4. The minimum Gasteiger partial charge on any atom is -0.392 e. The first-order chi connectivity index (χ1) is 17.9. The highest BCUT2D eigenvalue weighted by atomic mass is 16.3. The number of rotatable bonds is 10. The largest absolute Gasteiger partial charge is 0.392 e. The van der Waals surface area contributed by atoms with Gasteiger partial charge in [0.15, 0.2) is 5.82 Å². The topological polar surface area (TPSA) is 99.7 Å². The van der Waals surface area contributed by atoms with Crippen molar-refractivity contribution in [2.45, 2.75) is 45.4 Å². The fraction of sp³-hybridized carbons (Fsp3) is 0.333. The van der Waals surface area contributed by atoms with E-state index < -0.39 is 17.7 Å². The third-order valence-corrected chi connectivity index (χ3v) is 7.13. The van der Waals surface area contributed by atoms with Crippen LogP contribution in [0.4, 0.5) is 0 Å². The maximum atomic E-state index is 11.4. The highest BCUT2D eigenvalue weighted by Gasteiger charge is 2.41. The van der Waals surface area contributed by atoms with Gasteiger partial charge in [0, 0.05) is 4.91 Å². The molecule has 0 aliphatic heterocycles. The number of azide groups is 1. The number of aromatic nitrogens is 3. The predicted octanol–water partition coefficient (Wildman–Crippen LogP) is 6.76. The monoisotopic (exact) mass is 494 g/mol. The Balaban J connectivity index is 1.95. The summed E-state index contributed by atoms with van der Waals surface area (Å²) in [5, 5.41) is 20.3. The van der Waals surface area contributed by atoms with Gasteiger partial charge in [0.1, 0.15) is 17.9 Å². The van der Waals surface area contributed by atoms with E-state index >= 15 is 0 Å². The van der Waals surface area contributed by atoms with Gasteiger partial charge >= 0.3 is 0 Å². The van der Waals surface area contributed by atoms with E-state index in [0.717, 1.165) is 16.7 Å². The summed E-state index contributed by atoms with van der Waals surface area (Å²) >= 11 is 0. The van der Waals surface area contributed by atoms with Crippen molar-refractivity contribution in [3.63, 3.8) is 0 Å². The molecule has 0 amide bonds. The van der Waals surface area contributed by atoms with Gasteiger partial charge < -0.3 is 5.11 Å². The fourth-order valence-corrected chi connectivity index (χ4v) is 5.61. The third kappa shape index (κ3) is 5.01. The number of hydrogen-bond acceptors (Lipinski definition) is 4. The number of aliphatic hydroxyl groups is 1. The molecule has 1 aromatic heterocycles. The molecule has 4 rings (SSSR count). The van der Waals surface area contributed by atoms with Gasteiger partial charge in [-0.1, -0.05) is 124 Å². The van der Waals surface area contributed by atoms with Crippen molar-refractivity contribution in [1.82, 2.24) is 14.8 Å². The summed E-state index contributed by atoms with van der Waals surface area (Å²) in [6, 6.07) is 29.6. The minimum atomic E-state index is -0.925. The Bertz CT molecular complexity index is 1210. The molecular weight excluding hydrogens is 460 g/mol. The first-order valence-corrected chi connectivity index (χ1v) is 12.7. The smallest absolute Gasteiger partial charge is 0.162 e. The second-order valence-corrected chi connectivity index (χ2v) is 10.1. The summed E-state index contributed by atoms with van der Waals surface area (Å²) in [6.45, 7) is 8.27. The lowest BCUT2D eigenvalue weighted by Crippen LogP contribution is -2.38.